The molecule has 0 bridgehead atoms. The molecule has 0 spiro atoms. The molecule has 0 aliphatic heterocycles. The number of hydrogen-bond donors (Lipinski definition) is 1. The highest BCUT2D eigenvalue weighted by Crippen LogP contribution is 2.27. The first-order chi connectivity index (χ1) is 7.15. The predicted molar refractivity (Wildman–Crippen MR) is 59.9 cm³/mol. The molecule has 1 N–H and O–H groups in total. The molecular weight excluding hydrogens is 214 g/mol. The van der Waals surface area contributed by atoms with E-state index in [0.717, 1.165) is 24.6 Å². The van der Waals surface area contributed by atoms with E-state index in [2.05, 4.69) is 6.58 Å². The number of carboxylic acid groups (broad SMARTS) is 1. The Balaban J connectivity index is 2.28. The molecule has 1 rings (SSSR count). The van der Waals surface area contributed by atoms with E-state index in [-0.39, 0.29) is 17.4 Å². The van der Waals surface area contributed by atoms with Gasteiger partial charge in [-0.15, -0.1) is 18.3 Å². The average Bonchev–Trinajstić information content (AvgIpc) is 2.96. The van der Waals surface area contributed by atoms with Gasteiger partial charge in [0.1, 0.15) is 0 Å². The SMILES string of the molecule is C=CCN(C(=O)CSCC(=O)O)C1CC1. The normalized spacial score (nSPS) is 14.7. The maximum absolute atomic E-state index is 11.7. The number of carbonyl (C=O) groups is 2. The van der Waals surface area contributed by atoms with Crippen LogP contribution in [0.1, 0.15) is 12.8 Å². The van der Waals surface area contributed by atoms with Crippen LogP contribution in [0.25, 0.3) is 0 Å². The Morgan fingerprint density at radius 3 is 2.60 bits per heavy atom. The number of thioether (sulfide) groups is 1. The van der Waals surface area contributed by atoms with Gasteiger partial charge in [0.25, 0.3) is 0 Å². The van der Waals surface area contributed by atoms with Gasteiger partial charge in [-0.25, -0.2) is 0 Å². The number of aliphatic carboxylic acids is 1. The van der Waals surface area contributed by atoms with Crippen LogP contribution in [0.15, 0.2) is 12.7 Å². The third-order valence-corrected chi connectivity index (χ3v) is 2.99. The summed E-state index contributed by atoms with van der Waals surface area (Å²) in [6.45, 7) is 4.17. The van der Waals surface area contributed by atoms with Crippen molar-refractivity contribution in [1.82, 2.24) is 4.90 Å². The molecule has 84 valence electrons. The summed E-state index contributed by atoms with van der Waals surface area (Å²) in [6.07, 6.45) is 3.82. The highest BCUT2D eigenvalue weighted by molar-refractivity contribution is 8.00. The summed E-state index contributed by atoms with van der Waals surface area (Å²) in [4.78, 5) is 23.7. The first-order valence-corrected chi connectivity index (χ1v) is 6.00. The molecule has 0 heterocycles. The van der Waals surface area contributed by atoms with Gasteiger partial charge < -0.3 is 10.0 Å². The van der Waals surface area contributed by atoms with Crippen molar-refractivity contribution in [2.24, 2.45) is 0 Å². The van der Waals surface area contributed by atoms with Gasteiger partial charge in [-0.2, -0.15) is 0 Å². The number of rotatable bonds is 7. The van der Waals surface area contributed by atoms with Gasteiger partial charge >= 0.3 is 5.97 Å². The molecule has 0 aromatic rings. The fraction of sp³-hybridized carbons (Fsp3) is 0.600. The maximum Gasteiger partial charge on any atom is 0.313 e. The third-order valence-electron chi connectivity index (χ3n) is 2.08. The van der Waals surface area contributed by atoms with Crippen LogP contribution < -0.4 is 0 Å². The number of hydrogen-bond acceptors (Lipinski definition) is 3. The first-order valence-electron chi connectivity index (χ1n) is 4.85. The summed E-state index contributed by atoms with van der Waals surface area (Å²) >= 11 is 1.14. The molecule has 0 unspecified atom stereocenters. The van der Waals surface area contributed by atoms with Crippen LogP contribution in [0.5, 0.6) is 0 Å². The smallest absolute Gasteiger partial charge is 0.313 e. The Kier molecular flexibility index (Phi) is 4.68. The largest absolute Gasteiger partial charge is 0.481 e. The van der Waals surface area contributed by atoms with Gasteiger partial charge in [0, 0.05) is 12.6 Å². The zero-order chi connectivity index (χ0) is 11.3. The van der Waals surface area contributed by atoms with E-state index in [1.807, 2.05) is 0 Å². The van der Waals surface area contributed by atoms with Crippen molar-refractivity contribution >= 4 is 23.6 Å². The highest BCUT2D eigenvalue weighted by atomic mass is 32.2. The second kappa shape index (κ2) is 5.80. The Hall–Kier alpha value is -0.970. The summed E-state index contributed by atoms with van der Waals surface area (Å²) in [5.41, 5.74) is 0. The lowest BCUT2D eigenvalue weighted by Gasteiger charge is -2.20. The second-order valence-electron chi connectivity index (χ2n) is 3.45. The molecule has 0 atom stereocenters. The summed E-state index contributed by atoms with van der Waals surface area (Å²) in [7, 11) is 0. The number of carbonyl (C=O) groups excluding carboxylic acids is 1. The number of carboxylic acids is 1. The van der Waals surface area contributed by atoms with Gasteiger partial charge in [0.05, 0.1) is 11.5 Å². The molecule has 15 heavy (non-hydrogen) atoms. The van der Waals surface area contributed by atoms with Crippen molar-refractivity contribution < 1.29 is 14.7 Å². The summed E-state index contributed by atoms with van der Waals surface area (Å²) in [6, 6.07) is 0.362. The van der Waals surface area contributed by atoms with E-state index in [1.165, 1.54) is 0 Å². The summed E-state index contributed by atoms with van der Waals surface area (Å²) in [5.74, 6) is -0.632. The van der Waals surface area contributed by atoms with Gasteiger partial charge in [-0.1, -0.05) is 6.08 Å². The lowest BCUT2D eigenvalue weighted by molar-refractivity contribution is -0.133. The fourth-order valence-corrected chi connectivity index (χ4v) is 1.91. The first kappa shape index (κ1) is 12.1. The Bertz CT molecular complexity index is 263. The lowest BCUT2D eigenvalue weighted by Crippen LogP contribution is -2.34. The minimum Gasteiger partial charge on any atom is -0.481 e. The van der Waals surface area contributed by atoms with Crippen LogP contribution in [-0.4, -0.2) is 46.0 Å². The third kappa shape index (κ3) is 4.38. The van der Waals surface area contributed by atoms with Gasteiger partial charge in [0.15, 0.2) is 0 Å². The van der Waals surface area contributed by atoms with Gasteiger partial charge in [-0.05, 0) is 12.8 Å². The van der Waals surface area contributed by atoms with Crippen LogP contribution in [0, 0.1) is 0 Å². The Morgan fingerprint density at radius 1 is 1.47 bits per heavy atom. The van der Waals surface area contributed by atoms with Crippen LogP contribution in [0.4, 0.5) is 0 Å². The van der Waals surface area contributed by atoms with E-state index in [0.29, 0.717) is 12.6 Å². The molecule has 4 nitrogen and oxygen atoms in total. The standard InChI is InChI=1S/C10H15NO3S/c1-2-5-11(8-3-4-8)9(12)6-15-7-10(13)14/h2,8H,1,3-7H2,(H,13,14). The number of amides is 1. The number of nitrogens with zero attached hydrogens (tertiary/aromatic N) is 1. The molecular formula is C10H15NO3S. The van der Waals surface area contributed by atoms with Crippen LogP contribution in [0.3, 0.4) is 0 Å². The maximum atomic E-state index is 11.7. The Morgan fingerprint density at radius 2 is 2.13 bits per heavy atom. The second-order valence-corrected chi connectivity index (χ2v) is 4.44. The predicted octanol–water partition coefficient (Wildman–Crippen LogP) is 0.981. The van der Waals surface area contributed by atoms with Crippen molar-refractivity contribution in [2.75, 3.05) is 18.1 Å². The van der Waals surface area contributed by atoms with Crippen molar-refractivity contribution in [3.8, 4) is 0 Å². The average molecular weight is 229 g/mol. The van der Waals surface area contributed by atoms with Crippen LogP contribution in [0.2, 0.25) is 0 Å². The summed E-state index contributed by atoms with van der Waals surface area (Å²) < 4.78 is 0. The Labute approximate surface area is 93.3 Å². The van der Waals surface area contributed by atoms with E-state index in [1.54, 1.807) is 11.0 Å². The van der Waals surface area contributed by atoms with Gasteiger partial charge in [0.2, 0.25) is 5.91 Å². The van der Waals surface area contributed by atoms with E-state index in [9.17, 15) is 9.59 Å². The van der Waals surface area contributed by atoms with Crippen molar-refractivity contribution in [3.05, 3.63) is 12.7 Å². The molecule has 1 saturated carbocycles. The van der Waals surface area contributed by atoms with E-state index >= 15 is 0 Å². The van der Waals surface area contributed by atoms with Crippen molar-refractivity contribution in [3.63, 3.8) is 0 Å². The molecule has 5 heteroatoms. The topological polar surface area (TPSA) is 57.6 Å². The molecule has 0 saturated heterocycles. The monoisotopic (exact) mass is 229 g/mol. The quantitative estimate of drug-likeness (QED) is 0.661. The molecule has 1 aliphatic rings. The zero-order valence-electron chi connectivity index (χ0n) is 8.52. The molecule has 0 radical (unpaired) electrons. The molecule has 1 aliphatic carbocycles. The van der Waals surface area contributed by atoms with Gasteiger partial charge in [-0.3, -0.25) is 9.59 Å². The van der Waals surface area contributed by atoms with Crippen LogP contribution in [-0.2, 0) is 9.59 Å². The minimum absolute atomic E-state index is 0.0155. The molecule has 1 fully saturated rings. The molecule has 0 aromatic heterocycles. The lowest BCUT2D eigenvalue weighted by atomic mass is 10.4. The van der Waals surface area contributed by atoms with Crippen LogP contribution >= 0.6 is 11.8 Å². The van der Waals surface area contributed by atoms with Crippen molar-refractivity contribution in [1.29, 1.82) is 0 Å². The van der Waals surface area contributed by atoms with E-state index in [4.69, 9.17) is 5.11 Å². The minimum atomic E-state index is -0.880. The summed E-state index contributed by atoms with van der Waals surface area (Å²) in [5, 5.41) is 8.43. The fourth-order valence-electron chi connectivity index (χ4n) is 1.29. The van der Waals surface area contributed by atoms with Crippen molar-refractivity contribution in [2.45, 2.75) is 18.9 Å². The van der Waals surface area contributed by atoms with E-state index < -0.39 is 5.97 Å². The molecule has 1 amide bonds. The highest BCUT2D eigenvalue weighted by Gasteiger charge is 2.31. The zero-order valence-corrected chi connectivity index (χ0v) is 9.33. The molecule has 0 aromatic carbocycles.